The number of hydrogen-bond donors (Lipinski definition) is 2. The molecule has 0 bridgehead atoms. The van der Waals surface area contributed by atoms with Crippen LogP contribution in [0.25, 0.3) is 0 Å². The van der Waals surface area contributed by atoms with E-state index in [0.717, 1.165) is 18.8 Å². The van der Waals surface area contributed by atoms with Crippen molar-refractivity contribution in [2.75, 3.05) is 26.2 Å². The van der Waals surface area contributed by atoms with Gasteiger partial charge in [0.1, 0.15) is 12.4 Å². The summed E-state index contributed by atoms with van der Waals surface area (Å²) in [5.41, 5.74) is 6.77. The van der Waals surface area contributed by atoms with Crippen LogP contribution in [-0.2, 0) is 0 Å². The van der Waals surface area contributed by atoms with Gasteiger partial charge in [0.2, 0.25) is 0 Å². The molecule has 82 valence electrons. The van der Waals surface area contributed by atoms with Crippen LogP contribution in [0.2, 0.25) is 0 Å². The van der Waals surface area contributed by atoms with Crippen molar-refractivity contribution in [1.82, 2.24) is 5.32 Å². The standard InChI is InChI=1S/C12H18N2O/c13-5-7-15-12-3-1-2-10(8-12)11-4-6-14-9-11/h1-3,8,11,14H,4-7,9,13H2. The Morgan fingerprint density at radius 2 is 2.40 bits per heavy atom. The summed E-state index contributed by atoms with van der Waals surface area (Å²) in [5.74, 6) is 1.58. The van der Waals surface area contributed by atoms with Crippen LogP contribution >= 0.6 is 0 Å². The van der Waals surface area contributed by atoms with E-state index in [1.165, 1.54) is 12.0 Å². The minimum absolute atomic E-state index is 0.565. The maximum absolute atomic E-state index is 5.51. The Morgan fingerprint density at radius 3 is 3.13 bits per heavy atom. The Kier molecular flexibility index (Phi) is 3.59. The van der Waals surface area contributed by atoms with E-state index < -0.39 is 0 Å². The van der Waals surface area contributed by atoms with Crippen molar-refractivity contribution in [3.63, 3.8) is 0 Å². The Hall–Kier alpha value is -1.06. The van der Waals surface area contributed by atoms with Gasteiger partial charge in [-0.2, -0.15) is 0 Å². The van der Waals surface area contributed by atoms with Gasteiger partial charge in [-0.1, -0.05) is 12.1 Å². The topological polar surface area (TPSA) is 47.3 Å². The lowest BCUT2D eigenvalue weighted by Gasteiger charge is -2.11. The molecule has 0 aromatic heterocycles. The predicted octanol–water partition coefficient (Wildman–Crippen LogP) is 1.10. The van der Waals surface area contributed by atoms with Crippen molar-refractivity contribution < 1.29 is 4.74 Å². The number of ether oxygens (including phenoxy) is 1. The van der Waals surface area contributed by atoms with Crippen LogP contribution in [0.1, 0.15) is 17.9 Å². The highest BCUT2D eigenvalue weighted by atomic mass is 16.5. The van der Waals surface area contributed by atoms with Gasteiger partial charge in [-0.25, -0.2) is 0 Å². The molecule has 15 heavy (non-hydrogen) atoms. The Balaban J connectivity index is 2.04. The minimum atomic E-state index is 0.565. The van der Waals surface area contributed by atoms with Crippen LogP contribution in [-0.4, -0.2) is 26.2 Å². The SMILES string of the molecule is NCCOc1cccc(C2CCNC2)c1. The molecular weight excluding hydrogens is 188 g/mol. The molecule has 1 heterocycles. The Labute approximate surface area is 90.6 Å². The summed E-state index contributed by atoms with van der Waals surface area (Å²) < 4.78 is 5.51. The molecule has 0 amide bonds. The van der Waals surface area contributed by atoms with E-state index >= 15 is 0 Å². The monoisotopic (exact) mass is 206 g/mol. The third-order valence-electron chi connectivity index (χ3n) is 2.78. The lowest BCUT2D eigenvalue weighted by Crippen LogP contribution is -2.11. The zero-order valence-electron chi connectivity index (χ0n) is 8.91. The second kappa shape index (κ2) is 5.14. The van der Waals surface area contributed by atoms with Gasteiger partial charge in [0.25, 0.3) is 0 Å². The van der Waals surface area contributed by atoms with Crippen molar-refractivity contribution in [3.05, 3.63) is 29.8 Å². The second-order valence-electron chi connectivity index (χ2n) is 3.90. The molecule has 0 radical (unpaired) electrons. The summed E-state index contributed by atoms with van der Waals surface area (Å²) in [4.78, 5) is 0. The highest BCUT2D eigenvalue weighted by Gasteiger charge is 2.16. The van der Waals surface area contributed by atoms with Crippen LogP contribution in [0.3, 0.4) is 0 Å². The normalized spacial score (nSPS) is 20.5. The summed E-state index contributed by atoms with van der Waals surface area (Å²) in [6.07, 6.45) is 1.22. The highest BCUT2D eigenvalue weighted by molar-refractivity contribution is 5.31. The summed E-state index contributed by atoms with van der Waals surface area (Å²) in [6, 6.07) is 8.35. The quantitative estimate of drug-likeness (QED) is 0.775. The van der Waals surface area contributed by atoms with Gasteiger partial charge in [-0.3, -0.25) is 0 Å². The number of benzene rings is 1. The van der Waals surface area contributed by atoms with Crippen molar-refractivity contribution in [1.29, 1.82) is 0 Å². The Morgan fingerprint density at radius 1 is 1.47 bits per heavy atom. The molecule has 3 heteroatoms. The number of nitrogens with one attached hydrogen (secondary N) is 1. The molecule has 1 fully saturated rings. The number of hydrogen-bond acceptors (Lipinski definition) is 3. The molecule has 3 N–H and O–H groups in total. The van der Waals surface area contributed by atoms with Gasteiger partial charge < -0.3 is 15.8 Å². The number of nitrogens with two attached hydrogens (primary N) is 1. The van der Waals surface area contributed by atoms with Gasteiger partial charge in [0.05, 0.1) is 0 Å². The lowest BCUT2D eigenvalue weighted by atomic mass is 9.98. The van der Waals surface area contributed by atoms with Crippen LogP contribution in [0.5, 0.6) is 5.75 Å². The van der Waals surface area contributed by atoms with Crippen molar-refractivity contribution in [2.24, 2.45) is 5.73 Å². The molecule has 1 aromatic carbocycles. The Bertz CT molecular complexity index is 308. The first kappa shape index (κ1) is 10.5. The second-order valence-corrected chi connectivity index (χ2v) is 3.90. The molecule has 0 spiro atoms. The number of rotatable bonds is 4. The summed E-state index contributed by atoms with van der Waals surface area (Å²) >= 11 is 0. The van der Waals surface area contributed by atoms with Gasteiger partial charge in [-0.15, -0.1) is 0 Å². The average molecular weight is 206 g/mol. The van der Waals surface area contributed by atoms with E-state index in [-0.39, 0.29) is 0 Å². The molecule has 0 saturated carbocycles. The largest absolute Gasteiger partial charge is 0.492 e. The van der Waals surface area contributed by atoms with Crippen molar-refractivity contribution in [3.8, 4) is 5.75 Å². The third kappa shape index (κ3) is 2.70. The molecule has 0 aliphatic carbocycles. The molecule has 1 unspecified atom stereocenters. The first-order chi connectivity index (χ1) is 7.40. The van der Waals surface area contributed by atoms with Crippen LogP contribution in [0, 0.1) is 0 Å². The molecule has 1 saturated heterocycles. The van der Waals surface area contributed by atoms with E-state index in [9.17, 15) is 0 Å². The van der Waals surface area contributed by atoms with Crippen molar-refractivity contribution >= 4 is 0 Å². The molecule has 2 rings (SSSR count). The van der Waals surface area contributed by atoms with E-state index in [0.29, 0.717) is 19.1 Å². The fourth-order valence-electron chi connectivity index (χ4n) is 1.97. The fraction of sp³-hybridized carbons (Fsp3) is 0.500. The first-order valence-electron chi connectivity index (χ1n) is 5.53. The smallest absolute Gasteiger partial charge is 0.119 e. The van der Waals surface area contributed by atoms with Crippen LogP contribution in [0.4, 0.5) is 0 Å². The zero-order valence-corrected chi connectivity index (χ0v) is 8.91. The van der Waals surface area contributed by atoms with E-state index in [2.05, 4.69) is 23.5 Å². The van der Waals surface area contributed by atoms with E-state index in [1.807, 2.05) is 6.07 Å². The van der Waals surface area contributed by atoms with Gasteiger partial charge in [-0.05, 0) is 36.6 Å². The van der Waals surface area contributed by atoms with E-state index in [1.54, 1.807) is 0 Å². The minimum Gasteiger partial charge on any atom is -0.492 e. The molecule has 1 aliphatic rings. The van der Waals surface area contributed by atoms with Gasteiger partial charge >= 0.3 is 0 Å². The molecular formula is C12H18N2O. The molecule has 1 aliphatic heterocycles. The summed E-state index contributed by atoms with van der Waals surface area (Å²) in [7, 11) is 0. The maximum Gasteiger partial charge on any atom is 0.119 e. The van der Waals surface area contributed by atoms with E-state index in [4.69, 9.17) is 10.5 Å². The van der Waals surface area contributed by atoms with Gasteiger partial charge in [0, 0.05) is 13.1 Å². The zero-order chi connectivity index (χ0) is 10.5. The predicted molar refractivity (Wildman–Crippen MR) is 61.2 cm³/mol. The van der Waals surface area contributed by atoms with Crippen LogP contribution < -0.4 is 15.8 Å². The maximum atomic E-state index is 5.51. The fourth-order valence-corrected chi connectivity index (χ4v) is 1.97. The molecule has 1 aromatic rings. The third-order valence-corrected chi connectivity index (χ3v) is 2.78. The summed E-state index contributed by atoms with van der Waals surface area (Å²) in [5, 5.41) is 3.37. The lowest BCUT2D eigenvalue weighted by molar-refractivity contribution is 0.328. The summed E-state index contributed by atoms with van der Waals surface area (Å²) in [6.45, 7) is 3.36. The highest BCUT2D eigenvalue weighted by Crippen LogP contribution is 2.25. The average Bonchev–Trinajstić information content (AvgIpc) is 2.80. The molecule has 3 nitrogen and oxygen atoms in total. The van der Waals surface area contributed by atoms with Gasteiger partial charge in [0.15, 0.2) is 0 Å². The molecule has 1 atom stereocenters. The van der Waals surface area contributed by atoms with Crippen LogP contribution in [0.15, 0.2) is 24.3 Å². The first-order valence-corrected chi connectivity index (χ1v) is 5.53. The van der Waals surface area contributed by atoms with Crippen molar-refractivity contribution in [2.45, 2.75) is 12.3 Å².